The molecule has 2 aromatic rings. The molecule has 2 heterocycles. The average Bonchev–Trinajstić information content (AvgIpc) is 2.96. The van der Waals surface area contributed by atoms with Crippen LogP contribution in [-0.2, 0) is 6.54 Å². The zero-order valence-corrected chi connectivity index (χ0v) is 12.1. The van der Waals surface area contributed by atoms with E-state index >= 15 is 0 Å². The van der Waals surface area contributed by atoms with Gasteiger partial charge in [-0.2, -0.15) is 5.10 Å². The van der Waals surface area contributed by atoms with E-state index in [-0.39, 0.29) is 5.69 Å². The molecule has 1 aliphatic heterocycles. The second-order valence-corrected chi connectivity index (χ2v) is 5.12. The quantitative estimate of drug-likeness (QED) is 0.904. The summed E-state index contributed by atoms with van der Waals surface area (Å²) in [5.74, 6) is -0.167. The molecule has 0 saturated carbocycles. The number of nitrogens with zero attached hydrogens (tertiary/aromatic N) is 2. The number of para-hydroxylation sites is 1. The van der Waals surface area contributed by atoms with Crippen molar-refractivity contribution in [3.05, 3.63) is 41.7 Å². The molecule has 1 aliphatic rings. The van der Waals surface area contributed by atoms with E-state index < -0.39 is 25.0 Å². The number of benzene rings is 1. The molecular weight excluding hydrogens is 308 g/mol. The maximum Gasteiger partial charge on any atom is 0.274 e. The van der Waals surface area contributed by atoms with Crippen molar-refractivity contribution in [2.75, 3.05) is 11.9 Å². The summed E-state index contributed by atoms with van der Waals surface area (Å²) in [6.45, 7) is -0.317. The highest BCUT2D eigenvalue weighted by Crippen LogP contribution is 2.37. The number of aromatic nitrogens is 2. The number of anilines is 1. The van der Waals surface area contributed by atoms with E-state index in [1.807, 2.05) is 0 Å². The molecule has 1 unspecified atom stereocenters. The van der Waals surface area contributed by atoms with Gasteiger partial charge in [0.1, 0.15) is 18.0 Å². The van der Waals surface area contributed by atoms with Crippen LogP contribution in [0.2, 0.25) is 0 Å². The van der Waals surface area contributed by atoms with Gasteiger partial charge in [-0.3, -0.25) is 9.48 Å². The number of aliphatic hydroxyl groups excluding tert-OH is 1. The van der Waals surface area contributed by atoms with Gasteiger partial charge in [0.15, 0.2) is 0 Å². The fraction of sp³-hybridized carbons (Fsp3) is 0.333. The minimum atomic E-state index is -2.61. The Bertz CT molecular complexity index is 718. The van der Waals surface area contributed by atoms with Gasteiger partial charge in [-0.05, 0) is 12.1 Å². The molecule has 0 spiro atoms. The maximum atomic E-state index is 12.5. The van der Waals surface area contributed by atoms with E-state index in [0.717, 1.165) is 4.68 Å². The third-order valence-corrected chi connectivity index (χ3v) is 3.55. The minimum absolute atomic E-state index is 0.0271. The molecule has 122 valence electrons. The zero-order chi connectivity index (χ0) is 16.4. The number of carbonyl (C=O) groups excluding carboxylic acids is 1. The standard InChI is InChI=1S/C15H15F2N3O3/c16-13(17)8-20-11(4-6-18-20)15(22)19-10-3-1-2-9-12(21)5-7-23-14(9)10/h1-4,6,12-13,21H,5,7-8H2,(H,19,22). The fourth-order valence-electron chi connectivity index (χ4n) is 2.49. The van der Waals surface area contributed by atoms with E-state index in [4.69, 9.17) is 4.74 Å². The summed E-state index contributed by atoms with van der Waals surface area (Å²) in [5.41, 5.74) is 1.01. The fourth-order valence-corrected chi connectivity index (χ4v) is 2.49. The number of ether oxygens (including phenoxy) is 1. The summed E-state index contributed by atoms with van der Waals surface area (Å²) in [7, 11) is 0. The predicted molar refractivity (Wildman–Crippen MR) is 77.7 cm³/mol. The van der Waals surface area contributed by atoms with Gasteiger partial charge in [-0.25, -0.2) is 8.78 Å². The summed E-state index contributed by atoms with van der Waals surface area (Å²) in [6, 6.07) is 6.39. The largest absolute Gasteiger partial charge is 0.491 e. The topological polar surface area (TPSA) is 76.4 Å². The monoisotopic (exact) mass is 323 g/mol. The van der Waals surface area contributed by atoms with Crippen molar-refractivity contribution < 1.29 is 23.4 Å². The van der Waals surface area contributed by atoms with Crippen molar-refractivity contribution in [2.24, 2.45) is 0 Å². The number of aliphatic hydroxyl groups is 1. The zero-order valence-electron chi connectivity index (χ0n) is 12.1. The Balaban J connectivity index is 1.84. The Kier molecular flexibility index (Phi) is 4.24. The van der Waals surface area contributed by atoms with Gasteiger partial charge in [-0.15, -0.1) is 0 Å². The molecule has 1 aromatic heterocycles. The lowest BCUT2D eigenvalue weighted by atomic mass is 10.0. The predicted octanol–water partition coefficient (Wildman–Crippen LogP) is 2.22. The van der Waals surface area contributed by atoms with Crippen LogP contribution < -0.4 is 10.1 Å². The highest BCUT2D eigenvalue weighted by Gasteiger charge is 2.23. The Morgan fingerprint density at radius 3 is 3.09 bits per heavy atom. The van der Waals surface area contributed by atoms with E-state index in [1.54, 1.807) is 18.2 Å². The lowest BCUT2D eigenvalue weighted by Gasteiger charge is -2.24. The first-order valence-electron chi connectivity index (χ1n) is 7.11. The first-order valence-corrected chi connectivity index (χ1v) is 7.11. The summed E-state index contributed by atoms with van der Waals surface area (Å²) in [6.07, 6.45) is -1.49. The summed E-state index contributed by atoms with van der Waals surface area (Å²) in [4.78, 5) is 12.3. The van der Waals surface area contributed by atoms with Crippen molar-refractivity contribution in [2.45, 2.75) is 25.5 Å². The van der Waals surface area contributed by atoms with E-state index in [1.165, 1.54) is 12.3 Å². The number of hydrogen-bond donors (Lipinski definition) is 2. The number of rotatable bonds is 4. The summed E-state index contributed by atoms with van der Waals surface area (Å²) >= 11 is 0. The number of nitrogens with one attached hydrogen (secondary N) is 1. The molecule has 3 rings (SSSR count). The van der Waals surface area contributed by atoms with Crippen molar-refractivity contribution in [3.8, 4) is 5.75 Å². The molecule has 0 saturated heterocycles. The number of fused-ring (bicyclic) bond motifs is 1. The van der Waals surface area contributed by atoms with Crippen LogP contribution >= 0.6 is 0 Å². The van der Waals surface area contributed by atoms with Crippen molar-refractivity contribution in [1.29, 1.82) is 0 Å². The molecule has 8 heteroatoms. The molecule has 2 N–H and O–H groups in total. The second-order valence-electron chi connectivity index (χ2n) is 5.12. The third kappa shape index (κ3) is 3.16. The molecular formula is C15H15F2N3O3. The molecule has 1 amide bonds. The Morgan fingerprint density at radius 2 is 2.30 bits per heavy atom. The van der Waals surface area contributed by atoms with Gasteiger partial charge in [0.05, 0.1) is 18.4 Å². The van der Waals surface area contributed by atoms with Crippen molar-refractivity contribution in [1.82, 2.24) is 9.78 Å². The molecule has 23 heavy (non-hydrogen) atoms. The van der Waals surface area contributed by atoms with Crippen molar-refractivity contribution >= 4 is 11.6 Å². The van der Waals surface area contributed by atoms with Crippen molar-refractivity contribution in [3.63, 3.8) is 0 Å². The number of hydrogen-bond acceptors (Lipinski definition) is 4. The SMILES string of the molecule is O=C(Nc1cccc2c1OCCC2O)c1ccnn1CC(F)F. The minimum Gasteiger partial charge on any atom is -0.491 e. The van der Waals surface area contributed by atoms with E-state index in [0.29, 0.717) is 30.0 Å². The normalized spacial score (nSPS) is 16.8. The summed E-state index contributed by atoms with van der Waals surface area (Å²) in [5, 5.41) is 16.3. The van der Waals surface area contributed by atoms with E-state index in [9.17, 15) is 18.7 Å². The number of halogens is 2. The van der Waals surface area contributed by atoms with Crippen LogP contribution in [0, 0.1) is 0 Å². The number of carbonyl (C=O) groups is 1. The van der Waals surface area contributed by atoms with Crippen LogP contribution in [-0.4, -0.2) is 33.8 Å². The second kappa shape index (κ2) is 6.33. The Morgan fingerprint density at radius 1 is 1.48 bits per heavy atom. The van der Waals surface area contributed by atoms with Gasteiger partial charge in [0, 0.05) is 18.2 Å². The van der Waals surface area contributed by atoms with Crippen LogP contribution in [0.3, 0.4) is 0 Å². The lowest BCUT2D eigenvalue weighted by molar-refractivity contribution is 0.0984. The molecule has 1 aromatic carbocycles. The van der Waals surface area contributed by atoms with Gasteiger partial charge >= 0.3 is 0 Å². The molecule has 0 radical (unpaired) electrons. The average molecular weight is 323 g/mol. The molecule has 1 atom stereocenters. The number of alkyl halides is 2. The van der Waals surface area contributed by atoms with Gasteiger partial charge in [0.2, 0.25) is 0 Å². The Hall–Kier alpha value is -2.48. The van der Waals surface area contributed by atoms with Crippen LogP contribution in [0.1, 0.15) is 28.6 Å². The Labute approximate surface area is 130 Å². The van der Waals surface area contributed by atoms with Gasteiger partial charge in [0.25, 0.3) is 12.3 Å². The highest BCUT2D eigenvalue weighted by molar-refractivity contribution is 6.04. The van der Waals surface area contributed by atoms with Gasteiger partial charge in [-0.1, -0.05) is 12.1 Å². The van der Waals surface area contributed by atoms with Crippen LogP contribution in [0.25, 0.3) is 0 Å². The summed E-state index contributed by atoms with van der Waals surface area (Å²) < 4.78 is 31.5. The molecule has 0 bridgehead atoms. The smallest absolute Gasteiger partial charge is 0.274 e. The first kappa shape index (κ1) is 15.4. The molecule has 6 nitrogen and oxygen atoms in total. The molecule has 0 fully saturated rings. The highest BCUT2D eigenvalue weighted by atomic mass is 19.3. The van der Waals surface area contributed by atoms with E-state index in [2.05, 4.69) is 10.4 Å². The van der Waals surface area contributed by atoms with Crippen LogP contribution in [0.15, 0.2) is 30.5 Å². The number of amides is 1. The van der Waals surface area contributed by atoms with Gasteiger partial charge < -0.3 is 15.2 Å². The molecule has 0 aliphatic carbocycles. The first-order chi connectivity index (χ1) is 11.1. The van der Waals surface area contributed by atoms with Crippen LogP contribution in [0.4, 0.5) is 14.5 Å². The van der Waals surface area contributed by atoms with Crippen LogP contribution in [0.5, 0.6) is 5.75 Å². The lowest BCUT2D eigenvalue weighted by Crippen LogP contribution is -2.21. The maximum absolute atomic E-state index is 12.5. The third-order valence-electron chi connectivity index (χ3n) is 3.55.